The standard InChI is InChI=1S/C29H34N4/c1-21(2)18-33-22(3)30-27-28(33)25-16-10-11-17-26(25)31-29(27)32(19-23-12-6-4-7-13-23)20-24-14-8-5-9-15-24/h4-9,12-15,21H,10-11,16-20H2,1-3H3. The molecule has 2 aromatic heterocycles. The molecule has 0 spiro atoms. The lowest BCUT2D eigenvalue weighted by Crippen LogP contribution is -2.25. The molecule has 0 amide bonds. The van der Waals surface area contributed by atoms with E-state index in [9.17, 15) is 0 Å². The highest BCUT2D eigenvalue weighted by Crippen LogP contribution is 2.35. The van der Waals surface area contributed by atoms with Crippen molar-refractivity contribution in [3.63, 3.8) is 0 Å². The molecule has 2 aromatic carbocycles. The molecule has 0 saturated heterocycles. The molecule has 0 radical (unpaired) electrons. The van der Waals surface area contributed by atoms with Gasteiger partial charge in [-0.1, -0.05) is 74.5 Å². The van der Waals surface area contributed by atoms with Gasteiger partial charge in [0.1, 0.15) is 11.3 Å². The summed E-state index contributed by atoms with van der Waals surface area (Å²) in [7, 11) is 0. The SMILES string of the molecule is Cc1nc2c(N(Cc3ccccc3)Cc3ccccc3)nc3c(c2n1CC(C)C)CCCC3. The fourth-order valence-corrected chi connectivity index (χ4v) is 5.10. The van der Waals surface area contributed by atoms with E-state index in [1.807, 2.05) is 0 Å². The molecule has 2 heterocycles. The summed E-state index contributed by atoms with van der Waals surface area (Å²) >= 11 is 0. The lowest BCUT2D eigenvalue weighted by Gasteiger charge is -2.27. The Labute approximate surface area is 197 Å². The highest BCUT2D eigenvalue weighted by atomic mass is 15.2. The van der Waals surface area contributed by atoms with Crippen LogP contribution in [0.2, 0.25) is 0 Å². The number of hydrogen-bond acceptors (Lipinski definition) is 3. The first-order valence-corrected chi connectivity index (χ1v) is 12.3. The van der Waals surface area contributed by atoms with Gasteiger partial charge < -0.3 is 9.47 Å². The Balaban J connectivity index is 1.68. The van der Waals surface area contributed by atoms with Crippen molar-refractivity contribution in [1.82, 2.24) is 14.5 Å². The summed E-state index contributed by atoms with van der Waals surface area (Å²) in [5, 5.41) is 0. The van der Waals surface area contributed by atoms with E-state index in [2.05, 4.69) is 90.9 Å². The van der Waals surface area contributed by atoms with Crippen LogP contribution in [0.5, 0.6) is 0 Å². The molecule has 0 N–H and O–H groups in total. The normalized spacial score (nSPS) is 13.5. The van der Waals surface area contributed by atoms with Crippen LogP contribution in [0.15, 0.2) is 60.7 Å². The Bertz CT molecular complexity index is 1180. The molecule has 170 valence electrons. The van der Waals surface area contributed by atoms with Crippen LogP contribution in [0.25, 0.3) is 11.0 Å². The second kappa shape index (κ2) is 9.38. The number of pyridine rings is 1. The Morgan fingerprint density at radius 3 is 2.06 bits per heavy atom. The van der Waals surface area contributed by atoms with Crippen LogP contribution in [0, 0.1) is 12.8 Å². The van der Waals surface area contributed by atoms with Gasteiger partial charge in [-0.25, -0.2) is 9.97 Å². The van der Waals surface area contributed by atoms with E-state index in [0.717, 1.165) is 49.6 Å². The molecule has 4 nitrogen and oxygen atoms in total. The second-order valence-corrected chi connectivity index (χ2v) is 9.76. The molecule has 1 aliphatic rings. The Kier molecular flexibility index (Phi) is 6.17. The third kappa shape index (κ3) is 4.52. The largest absolute Gasteiger partial charge is 0.346 e. The molecule has 4 heteroatoms. The highest BCUT2D eigenvalue weighted by Gasteiger charge is 2.25. The van der Waals surface area contributed by atoms with Crippen LogP contribution in [-0.2, 0) is 32.5 Å². The van der Waals surface area contributed by atoms with Crippen molar-refractivity contribution in [2.24, 2.45) is 5.92 Å². The van der Waals surface area contributed by atoms with Gasteiger partial charge in [0.2, 0.25) is 0 Å². The van der Waals surface area contributed by atoms with Gasteiger partial charge in [-0.3, -0.25) is 0 Å². The van der Waals surface area contributed by atoms with Gasteiger partial charge >= 0.3 is 0 Å². The summed E-state index contributed by atoms with van der Waals surface area (Å²) < 4.78 is 2.46. The average molecular weight is 439 g/mol. The zero-order chi connectivity index (χ0) is 22.8. The minimum absolute atomic E-state index is 0.571. The third-order valence-electron chi connectivity index (χ3n) is 6.62. The number of aromatic nitrogens is 3. The van der Waals surface area contributed by atoms with Crippen LogP contribution in [0.3, 0.4) is 0 Å². The van der Waals surface area contributed by atoms with Crippen LogP contribution in [0.1, 0.15) is 54.9 Å². The van der Waals surface area contributed by atoms with Crippen molar-refractivity contribution in [3.05, 3.63) is 88.9 Å². The number of aryl methyl sites for hydroxylation is 3. The minimum atomic E-state index is 0.571. The number of benzene rings is 2. The van der Waals surface area contributed by atoms with Crippen molar-refractivity contribution in [1.29, 1.82) is 0 Å². The first-order chi connectivity index (χ1) is 16.1. The summed E-state index contributed by atoms with van der Waals surface area (Å²) in [5.41, 5.74) is 7.69. The summed E-state index contributed by atoms with van der Waals surface area (Å²) in [6, 6.07) is 21.5. The van der Waals surface area contributed by atoms with Crippen molar-refractivity contribution < 1.29 is 0 Å². The number of imidazole rings is 1. The van der Waals surface area contributed by atoms with E-state index in [1.165, 1.54) is 40.7 Å². The predicted octanol–water partition coefficient (Wildman–Crippen LogP) is 6.48. The van der Waals surface area contributed by atoms with E-state index < -0.39 is 0 Å². The molecule has 33 heavy (non-hydrogen) atoms. The molecule has 0 bridgehead atoms. The van der Waals surface area contributed by atoms with E-state index in [4.69, 9.17) is 9.97 Å². The van der Waals surface area contributed by atoms with Gasteiger partial charge in [0.15, 0.2) is 5.82 Å². The summed E-state index contributed by atoms with van der Waals surface area (Å²) in [5.74, 6) is 2.70. The lowest BCUT2D eigenvalue weighted by molar-refractivity contribution is 0.522. The van der Waals surface area contributed by atoms with Crippen LogP contribution in [-0.4, -0.2) is 14.5 Å². The molecule has 1 aliphatic carbocycles. The molecular formula is C29H34N4. The van der Waals surface area contributed by atoms with Crippen molar-refractivity contribution >= 4 is 16.9 Å². The molecule has 0 atom stereocenters. The zero-order valence-electron chi connectivity index (χ0n) is 20.1. The first kappa shape index (κ1) is 21.7. The van der Waals surface area contributed by atoms with E-state index in [-0.39, 0.29) is 0 Å². The van der Waals surface area contributed by atoms with Gasteiger partial charge in [0, 0.05) is 25.3 Å². The molecule has 0 unspecified atom stereocenters. The van der Waals surface area contributed by atoms with E-state index in [1.54, 1.807) is 0 Å². The number of nitrogens with zero attached hydrogens (tertiary/aromatic N) is 4. The lowest BCUT2D eigenvalue weighted by atomic mass is 9.94. The maximum atomic E-state index is 5.32. The number of hydrogen-bond donors (Lipinski definition) is 0. The van der Waals surface area contributed by atoms with Gasteiger partial charge in [-0.05, 0) is 55.2 Å². The number of fused-ring (bicyclic) bond motifs is 3. The minimum Gasteiger partial charge on any atom is -0.346 e. The smallest absolute Gasteiger partial charge is 0.157 e. The van der Waals surface area contributed by atoms with Gasteiger partial charge in [-0.15, -0.1) is 0 Å². The quantitative estimate of drug-likeness (QED) is 0.331. The molecule has 0 fully saturated rings. The number of anilines is 1. The summed E-state index contributed by atoms with van der Waals surface area (Å²) in [6.07, 6.45) is 4.64. The van der Waals surface area contributed by atoms with Crippen LogP contribution in [0.4, 0.5) is 5.82 Å². The average Bonchev–Trinajstić information content (AvgIpc) is 3.15. The molecule has 0 aliphatic heterocycles. The fourth-order valence-electron chi connectivity index (χ4n) is 5.10. The summed E-state index contributed by atoms with van der Waals surface area (Å²) in [4.78, 5) is 12.9. The van der Waals surface area contributed by atoms with Crippen molar-refractivity contribution in [2.75, 3.05) is 4.90 Å². The maximum Gasteiger partial charge on any atom is 0.157 e. The summed E-state index contributed by atoms with van der Waals surface area (Å²) in [6.45, 7) is 9.35. The van der Waals surface area contributed by atoms with Crippen molar-refractivity contribution in [3.8, 4) is 0 Å². The first-order valence-electron chi connectivity index (χ1n) is 12.3. The fraction of sp³-hybridized carbons (Fsp3) is 0.379. The predicted molar refractivity (Wildman–Crippen MR) is 137 cm³/mol. The van der Waals surface area contributed by atoms with Gasteiger partial charge in [-0.2, -0.15) is 0 Å². The highest BCUT2D eigenvalue weighted by molar-refractivity contribution is 5.90. The van der Waals surface area contributed by atoms with Crippen LogP contribution < -0.4 is 4.90 Å². The Hall–Kier alpha value is -3.14. The van der Waals surface area contributed by atoms with E-state index in [0.29, 0.717) is 5.92 Å². The molecule has 0 saturated carbocycles. The zero-order valence-corrected chi connectivity index (χ0v) is 20.1. The topological polar surface area (TPSA) is 34.0 Å². The second-order valence-electron chi connectivity index (χ2n) is 9.76. The Morgan fingerprint density at radius 1 is 0.848 bits per heavy atom. The number of rotatable bonds is 7. The molecule has 5 rings (SSSR count). The van der Waals surface area contributed by atoms with E-state index >= 15 is 0 Å². The van der Waals surface area contributed by atoms with Crippen molar-refractivity contribution in [2.45, 2.75) is 66.1 Å². The maximum absolute atomic E-state index is 5.32. The monoisotopic (exact) mass is 438 g/mol. The van der Waals surface area contributed by atoms with Gasteiger partial charge in [0.25, 0.3) is 0 Å². The molecular weight excluding hydrogens is 404 g/mol. The Morgan fingerprint density at radius 2 is 1.45 bits per heavy atom. The van der Waals surface area contributed by atoms with Gasteiger partial charge in [0.05, 0.1) is 5.52 Å². The van der Waals surface area contributed by atoms with Crippen LogP contribution >= 0.6 is 0 Å². The third-order valence-corrected chi connectivity index (χ3v) is 6.62. The molecule has 4 aromatic rings.